The number of allylic oxidation sites excluding steroid dienone is 2. The third-order valence-electron chi connectivity index (χ3n) is 6.59. The second-order valence-electron chi connectivity index (χ2n) is 9.82. The lowest BCUT2D eigenvalue weighted by Crippen LogP contribution is -2.39. The molecule has 0 bridgehead atoms. The molecule has 2 amide bonds. The number of esters is 1. The van der Waals surface area contributed by atoms with E-state index in [0.29, 0.717) is 19.3 Å². The first kappa shape index (κ1) is 33.5. The maximum Gasteiger partial charge on any atom is 0.309 e. The Morgan fingerprint density at radius 3 is 2.29 bits per heavy atom. The van der Waals surface area contributed by atoms with Crippen molar-refractivity contribution in [2.45, 2.75) is 44.6 Å². The van der Waals surface area contributed by atoms with Crippen molar-refractivity contribution in [3.8, 4) is 0 Å². The Morgan fingerprint density at radius 2 is 1.63 bits per heavy atom. The van der Waals surface area contributed by atoms with Gasteiger partial charge in [0.1, 0.15) is 6.61 Å². The standard InChI is InChI=1S/C33H44N2O6/c1-3-5-8-18-29(23-26-14-9-6-10-15-26)33(39)41-25-30(27-16-11-7-12-17-27)35-32(38)28(13-4-2)24-31(37)34-19-21-40-22-20-36/h3-4,6-7,9-12,14-17,28-30,36H,1-2,5,8,13,18-25H2,(H,34,37)(H,35,38)/t28-,29-,30-/m1/s1. The molecule has 2 rings (SSSR count). The van der Waals surface area contributed by atoms with Crippen LogP contribution in [0.1, 0.15) is 49.3 Å². The Balaban J connectivity index is 2.06. The van der Waals surface area contributed by atoms with Crippen molar-refractivity contribution in [3.05, 3.63) is 97.1 Å². The van der Waals surface area contributed by atoms with Gasteiger partial charge in [-0.05, 0) is 43.2 Å². The third-order valence-corrected chi connectivity index (χ3v) is 6.59. The smallest absolute Gasteiger partial charge is 0.309 e. The highest BCUT2D eigenvalue weighted by atomic mass is 16.5. The lowest BCUT2D eigenvalue weighted by Gasteiger charge is -2.24. The zero-order valence-corrected chi connectivity index (χ0v) is 23.8. The van der Waals surface area contributed by atoms with Crippen LogP contribution in [0.5, 0.6) is 0 Å². The van der Waals surface area contributed by atoms with Crippen LogP contribution in [0.15, 0.2) is 86.0 Å². The number of aliphatic hydroxyl groups excluding tert-OH is 1. The fraction of sp³-hybridized carbons (Fsp3) is 0.424. The quantitative estimate of drug-likeness (QED) is 0.118. The van der Waals surface area contributed by atoms with Crippen molar-refractivity contribution in [2.24, 2.45) is 11.8 Å². The summed E-state index contributed by atoms with van der Waals surface area (Å²) in [6.07, 6.45) is 6.62. The van der Waals surface area contributed by atoms with Gasteiger partial charge in [-0.1, -0.05) is 72.8 Å². The average molecular weight is 565 g/mol. The molecule has 0 aromatic heterocycles. The minimum absolute atomic E-state index is 0.0262. The summed E-state index contributed by atoms with van der Waals surface area (Å²) in [5, 5.41) is 14.5. The van der Waals surface area contributed by atoms with Gasteiger partial charge in [0.2, 0.25) is 11.8 Å². The van der Waals surface area contributed by atoms with Crippen molar-refractivity contribution < 1.29 is 29.0 Å². The topological polar surface area (TPSA) is 114 Å². The Hall–Kier alpha value is -3.75. The lowest BCUT2D eigenvalue weighted by atomic mass is 9.94. The number of hydrogen-bond donors (Lipinski definition) is 3. The monoisotopic (exact) mass is 564 g/mol. The highest BCUT2D eigenvalue weighted by Gasteiger charge is 2.26. The van der Waals surface area contributed by atoms with Crippen molar-refractivity contribution in [2.75, 3.05) is 33.0 Å². The number of nitrogens with one attached hydrogen (secondary N) is 2. The normalized spacial score (nSPS) is 12.9. The number of aliphatic hydroxyl groups is 1. The van der Waals surface area contributed by atoms with E-state index in [9.17, 15) is 14.4 Å². The van der Waals surface area contributed by atoms with Gasteiger partial charge >= 0.3 is 5.97 Å². The second-order valence-corrected chi connectivity index (χ2v) is 9.82. The van der Waals surface area contributed by atoms with E-state index >= 15 is 0 Å². The van der Waals surface area contributed by atoms with Crippen LogP contribution in [0.3, 0.4) is 0 Å². The molecule has 2 aromatic rings. The van der Waals surface area contributed by atoms with Gasteiger partial charge in [0.25, 0.3) is 0 Å². The summed E-state index contributed by atoms with van der Waals surface area (Å²) in [6.45, 7) is 8.14. The van der Waals surface area contributed by atoms with Gasteiger partial charge in [-0.3, -0.25) is 14.4 Å². The molecular formula is C33H44N2O6. The first-order chi connectivity index (χ1) is 20.0. The zero-order valence-electron chi connectivity index (χ0n) is 23.8. The number of hydrogen-bond acceptors (Lipinski definition) is 6. The van der Waals surface area contributed by atoms with E-state index in [1.165, 1.54) is 0 Å². The molecule has 8 nitrogen and oxygen atoms in total. The summed E-state index contributed by atoms with van der Waals surface area (Å²) in [5.41, 5.74) is 1.86. The van der Waals surface area contributed by atoms with Crippen LogP contribution < -0.4 is 10.6 Å². The Kier molecular flexibility index (Phi) is 16.5. The van der Waals surface area contributed by atoms with Gasteiger partial charge in [-0.25, -0.2) is 0 Å². The highest BCUT2D eigenvalue weighted by molar-refractivity contribution is 5.86. The molecule has 41 heavy (non-hydrogen) atoms. The molecule has 0 fully saturated rings. The number of benzene rings is 2. The van der Waals surface area contributed by atoms with E-state index in [1.807, 2.05) is 66.7 Å². The van der Waals surface area contributed by atoms with E-state index in [0.717, 1.165) is 24.0 Å². The predicted molar refractivity (Wildman–Crippen MR) is 160 cm³/mol. The molecule has 0 aliphatic carbocycles. The molecule has 222 valence electrons. The Bertz CT molecular complexity index is 1060. The van der Waals surface area contributed by atoms with Gasteiger partial charge in [-0.15, -0.1) is 13.2 Å². The molecule has 0 radical (unpaired) electrons. The number of unbranched alkanes of at least 4 members (excludes halogenated alkanes) is 1. The van der Waals surface area contributed by atoms with Crippen LogP contribution in [0.4, 0.5) is 0 Å². The van der Waals surface area contributed by atoms with Crippen LogP contribution in [0, 0.1) is 11.8 Å². The zero-order chi connectivity index (χ0) is 29.7. The largest absolute Gasteiger partial charge is 0.463 e. The molecule has 2 aromatic carbocycles. The van der Waals surface area contributed by atoms with Crippen molar-refractivity contribution >= 4 is 17.8 Å². The van der Waals surface area contributed by atoms with E-state index in [2.05, 4.69) is 23.8 Å². The summed E-state index contributed by atoms with van der Waals surface area (Å²) >= 11 is 0. The first-order valence-electron chi connectivity index (χ1n) is 14.2. The summed E-state index contributed by atoms with van der Waals surface area (Å²) in [4.78, 5) is 39.0. The van der Waals surface area contributed by atoms with Gasteiger partial charge in [0.15, 0.2) is 0 Å². The number of ether oxygens (including phenoxy) is 2. The van der Waals surface area contributed by atoms with Crippen LogP contribution in [-0.2, 0) is 30.3 Å². The maximum absolute atomic E-state index is 13.3. The summed E-state index contributed by atoms with van der Waals surface area (Å²) < 4.78 is 11.0. The van der Waals surface area contributed by atoms with Crippen LogP contribution in [0.2, 0.25) is 0 Å². The van der Waals surface area contributed by atoms with E-state index in [4.69, 9.17) is 14.6 Å². The fourth-order valence-electron chi connectivity index (χ4n) is 4.40. The third kappa shape index (κ3) is 13.4. The molecule has 8 heteroatoms. The minimum atomic E-state index is -0.641. The van der Waals surface area contributed by atoms with Crippen molar-refractivity contribution in [1.29, 1.82) is 0 Å². The highest BCUT2D eigenvalue weighted by Crippen LogP contribution is 2.21. The Morgan fingerprint density at radius 1 is 0.927 bits per heavy atom. The van der Waals surface area contributed by atoms with Gasteiger partial charge in [-0.2, -0.15) is 0 Å². The SMILES string of the molecule is C=CCCC[C@H](Cc1ccccc1)C(=O)OC[C@@H](NC(=O)[C@H](CC=C)CC(=O)NCCOCCO)c1ccccc1. The number of carbonyl (C=O) groups excluding carboxylic acids is 3. The molecule has 0 saturated carbocycles. The van der Waals surface area contributed by atoms with Gasteiger partial charge in [0.05, 0.1) is 37.7 Å². The van der Waals surface area contributed by atoms with Crippen molar-refractivity contribution in [1.82, 2.24) is 10.6 Å². The van der Waals surface area contributed by atoms with E-state index in [1.54, 1.807) is 6.08 Å². The lowest BCUT2D eigenvalue weighted by molar-refractivity contribution is -0.150. The van der Waals surface area contributed by atoms with E-state index < -0.39 is 12.0 Å². The van der Waals surface area contributed by atoms with Crippen LogP contribution >= 0.6 is 0 Å². The summed E-state index contributed by atoms with van der Waals surface area (Å²) in [5.74, 6) is -1.88. The van der Waals surface area contributed by atoms with E-state index in [-0.39, 0.29) is 63.1 Å². The first-order valence-corrected chi connectivity index (χ1v) is 14.2. The maximum atomic E-state index is 13.3. The average Bonchev–Trinajstić information content (AvgIpc) is 2.99. The number of carbonyl (C=O) groups is 3. The van der Waals surface area contributed by atoms with Gasteiger partial charge < -0.3 is 25.2 Å². The fourth-order valence-corrected chi connectivity index (χ4v) is 4.40. The van der Waals surface area contributed by atoms with Crippen LogP contribution in [-0.4, -0.2) is 55.9 Å². The summed E-state index contributed by atoms with van der Waals surface area (Å²) in [7, 11) is 0. The molecule has 3 N–H and O–H groups in total. The van der Waals surface area contributed by atoms with Crippen LogP contribution in [0.25, 0.3) is 0 Å². The number of amides is 2. The van der Waals surface area contributed by atoms with Crippen molar-refractivity contribution in [3.63, 3.8) is 0 Å². The molecule has 0 unspecified atom stereocenters. The molecule has 0 heterocycles. The van der Waals surface area contributed by atoms with Gasteiger partial charge in [0, 0.05) is 13.0 Å². The predicted octanol–water partition coefficient (Wildman–Crippen LogP) is 4.31. The molecule has 0 saturated heterocycles. The summed E-state index contributed by atoms with van der Waals surface area (Å²) in [6, 6.07) is 18.6. The molecule has 0 aliphatic heterocycles. The molecule has 0 aliphatic rings. The number of rotatable bonds is 21. The molecule has 0 spiro atoms. The second kappa shape index (κ2) is 20.2. The Labute approximate surface area is 243 Å². The minimum Gasteiger partial charge on any atom is -0.463 e. The molecular weight excluding hydrogens is 520 g/mol. The molecule has 3 atom stereocenters.